The van der Waals surface area contributed by atoms with E-state index in [9.17, 15) is 9.59 Å². The summed E-state index contributed by atoms with van der Waals surface area (Å²) < 4.78 is 0. The van der Waals surface area contributed by atoms with E-state index >= 15 is 0 Å². The van der Waals surface area contributed by atoms with Crippen molar-refractivity contribution in [1.82, 2.24) is 0 Å². The average molecular weight is 334 g/mol. The third-order valence-electron chi connectivity index (χ3n) is 4.63. The second-order valence-corrected chi connectivity index (χ2v) is 6.62. The van der Waals surface area contributed by atoms with Crippen LogP contribution in [-0.4, -0.2) is 14.1 Å². The minimum atomic E-state index is -0.432. The highest BCUT2D eigenvalue weighted by atomic mass is 16.2. The van der Waals surface area contributed by atoms with Gasteiger partial charge in [-0.25, -0.2) is 0 Å². The summed E-state index contributed by atoms with van der Waals surface area (Å²) in [5.74, 6) is 0. The molecule has 0 amide bonds. The molecule has 0 fully saturated rings. The van der Waals surface area contributed by atoms with Gasteiger partial charge in [0.2, 0.25) is 10.9 Å². The Morgan fingerprint density at radius 3 is 2.16 bits per heavy atom. The van der Waals surface area contributed by atoms with Crippen molar-refractivity contribution >= 4 is 11.4 Å². The molecule has 0 bridgehead atoms. The van der Waals surface area contributed by atoms with E-state index in [2.05, 4.69) is 5.32 Å². The molecule has 0 unspecified atom stereocenters. The lowest BCUT2D eigenvalue weighted by Crippen LogP contribution is -2.36. The van der Waals surface area contributed by atoms with Crippen LogP contribution in [0.3, 0.4) is 0 Å². The van der Waals surface area contributed by atoms with Gasteiger partial charge in [-0.05, 0) is 48.2 Å². The zero-order valence-electron chi connectivity index (χ0n) is 15.0. The van der Waals surface area contributed by atoms with Crippen molar-refractivity contribution in [3.8, 4) is 11.1 Å². The third-order valence-corrected chi connectivity index (χ3v) is 4.63. The lowest BCUT2D eigenvalue weighted by Gasteiger charge is -2.16. The summed E-state index contributed by atoms with van der Waals surface area (Å²) in [5, 5.41) is 3.14. The Morgan fingerprint density at radius 2 is 1.56 bits per heavy atom. The van der Waals surface area contributed by atoms with E-state index in [1.54, 1.807) is 0 Å². The van der Waals surface area contributed by atoms with Gasteiger partial charge in [0.05, 0.1) is 11.3 Å². The Kier molecular flexibility index (Phi) is 4.45. The van der Waals surface area contributed by atoms with Crippen LogP contribution in [0.4, 0.5) is 11.4 Å². The summed E-state index contributed by atoms with van der Waals surface area (Å²) >= 11 is 0. The Bertz CT molecular complexity index is 978. The molecule has 3 rings (SSSR count). The molecule has 25 heavy (non-hydrogen) atoms. The van der Waals surface area contributed by atoms with Gasteiger partial charge in [-0.15, -0.1) is 0 Å². The lowest BCUT2D eigenvalue weighted by atomic mass is 9.95. The van der Waals surface area contributed by atoms with Crippen molar-refractivity contribution in [2.24, 2.45) is 0 Å². The van der Waals surface area contributed by atoms with Crippen LogP contribution in [0.1, 0.15) is 16.7 Å². The van der Waals surface area contributed by atoms with Crippen LogP contribution >= 0.6 is 0 Å². The third kappa shape index (κ3) is 3.20. The second-order valence-electron chi connectivity index (χ2n) is 6.62. The predicted molar refractivity (Wildman–Crippen MR) is 104 cm³/mol. The number of rotatable bonds is 5. The maximum atomic E-state index is 12.0. The monoisotopic (exact) mass is 334 g/mol. The first-order valence-corrected chi connectivity index (χ1v) is 8.29. The number of nitrogens with zero attached hydrogens (tertiary/aromatic N) is 1. The molecule has 0 heterocycles. The molecule has 0 aliphatic heterocycles. The molecular formula is C21H22N2O2. The molecule has 1 N–H and O–H groups in total. The molecule has 0 saturated heterocycles. The van der Waals surface area contributed by atoms with E-state index in [1.165, 1.54) is 0 Å². The Hall–Kier alpha value is -2.88. The van der Waals surface area contributed by atoms with Crippen molar-refractivity contribution in [2.75, 3.05) is 24.3 Å². The standard InChI is InChI=1S/C21H22N2O2/c1-13-5-8-16(11-14(13)2)18-19(21(25)20(18)24)22-12-15-6-9-17(10-7-15)23(3)4/h5-11,22H,12H2,1-4H3. The van der Waals surface area contributed by atoms with E-state index in [-0.39, 0.29) is 0 Å². The molecule has 0 atom stereocenters. The zero-order chi connectivity index (χ0) is 18.1. The average Bonchev–Trinajstić information content (AvgIpc) is 2.60. The quantitative estimate of drug-likeness (QED) is 0.728. The summed E-state index contributed by atoms with van der Waals surface area (Å²) in [6, 6.07) is 13.9. The Balaban J connectivity index is 1.82. The number of anilines is 2. The van der Waals surface area contributed by atoms with Gasteiger partial charge in [0, 0.05) is 26.3 Å². The van der Waals surface area contributed by atoms with Gasteiger partial charge in [0.15, 0.2) is 0 Å². The molecule has 0 radical (unpaired) electrons. The first-order chi connectivity index (χ1) is 11.9. The van der Waals surface area contributed by atoms with Crippen molar-refractivity contribution in [3.63, 3.8) is 0 Å². The summed E-state index contributed by atoms with van der Waals surface area (Å²) in [6.07, 6.45) is 0. The van der Waals surface area contributed by atoms with Gasteiger partial charge in [0.1, 0.15) is 0 Å². The highest BCUT2D eigenvalue weighted by molar-refractivity contribution is 5.82. The Morgan fingerprint density at radius 1 is 0.880 bits per heavy atom. The van der Waals surface area contributed by atoms with Crippen LogP contribution < -0.4 is 21.1 Å². The highest BCUT2D eigenvalue weighted by Gasteiger charge is 2.22. The van der Waals surface area contributed by atoms with E-state index in [0.717, 1.165) is 27.9 Å². The van der Waals surface area contributed by atoms with Gasteiger partial charge >= 0.3 is 0 Å². The molecule has 4 heteroatoms. The van der Waals surface area contributed by atoms with E-state index in [1.807, 2.05) is 75.3 Å². The molecule has 0 aliphatic carbocycles. The van der Waals surface area contributed by atoms with Crippen molar-refractivity contribution in [3.05, 3.63) is 79.6 Å². The molecule has 3 aromatic carbocycles. The molecule has 128 valence electrons. The fourth-order valence-corrected chi connectivity index (χ4v) is 2.84. The van der Waals surface area contributed by atoms with Crippen molar-refractivity contribution in [2.45, 2.75) is 20.4 Å². The summed E-state index contributed by atoms with van der Waals surface area (Å²) in [4.78, 5) is 26.1. The van der Waals surface area contributed by atoms with Gasteiger partial charge in [-0.1, -0.05) is 30.3 Å². The molecular weight excluding hydrogens is 312 g/mol. The van der Waals surface area contributed by atoms with E-state index < -0.39 is 10.9 Å². The number of nitrogens with one attached hydrogen (secondary N) is 1. The predicted octanol–water partition coefficient (Wildman–Crippen LogP) is 3.24. The number of hydrogen-bond donors (Lipinski definition) is 1. The summed E-state index contributed by atoms with van der Waals surface area (Å²) in [7, 11) is 3.99. The highest BCUT2D eigenvalue weighted by Crippen LogP contribution is 2.26. The minimum absolute atomic E-state index is 0.409. The first-order valence-electron chi connectivity index (χ1n) is 8.29. The number of hydrogen-bond acceptors (Lipinski definition) is 4. The zero-order valence-corrected chi connectivity index (χ0v) is 15.0. The van der Waals surface area contributed by atoms with Crippen LogP contribution in [0.15, 0.2) is 52.1 Å². The molecule has 0 aliphatic rings. The normalized spacial score (nSPS) is 10.9. The first kappa shape index (κ1) is 17.0. The fraction of sp³-hybridized carbons (Fsp3) is 0.238. The van der Waals surface area contributed by atoms with E-state index in [4.69, 9.17) is 0 Å². The number of benzene rings is 2. The molecule has 0 aromatic heterocycles. The van der Waals surface area contributed by atoms with Gasteiger partial charge in [0.25, 0.3) is 0 Å². The lowest BCUT2D eigenvalue weighted by molar-refractivity contribution is 1.10. The fourth-order valence-electron chi connectivity index (χ4n) is 2.84. The topological polar surface area (TPSA) is 49.4 Å². The SMILES string of the molecule is Cc1ccc(-c2c(NCc3ccc(N(C)C)cc3)c(=O)c2=O)cc1C. The Labute approximate surface area is 147 Å². The van der Waals surface area contributed by atoms with Crippen LogP contribution in [-0.2, 0) is 6.54 Å². The van der Waals surface area contributed by atoms with E-state index in [0.29, 0.717) is 17.8 Å². The van der Waals surface area contributed by atoms with Gasteiger partial charge in [-0.3, -0.25) is 9.59 Å². The van der Waals surface area contributed by atoms with Crippen LogP contribution in [0.2, 0.25) is 0 Å². The second kappa shape index (κ2) is 6.55. The van der Waals surface area contributed by atoms with Gasteiger partial charge < -0.3 is 10.2 Å². The van der Waals surface area contributed by atoms with Crippen molar-refractivity contribution < 1.29 is 0 Å². The van der Waals surface area contributed by atoms with Crippen LogP contribution in [0, 0.1) is 13.8 Å². The summed E-state index contributed by atoms with van der Waals surface area (Å²) in [6.45, 7) is 4.54. The molecule has 4 nitrogen and oxygen atoms in total. The maximum absolute atomic E-state index is 12.0. The van der Waals surface area contributed by atoms with Crippen LogP contribution in [0.5, 0.6) is 0 Å². The summed E-state index contributed by atoms with van der Waals surface area (Å²) in [5.41, 5.74) is 5.33. The number of aryl methyl sites for hydroxylation is 2. The van der Waals surface area contributed by atoms with Crippen LogP contribution in [0.25, 0.3) is 11.1 Å². The van der Waals surface area contributed by atoms with Gasteiger partial charge in [-0.2, -0.15) is 0 Å². The minimum Gasteiger partial charge on any atom is -0.378 e. The molecule has 0 spiro atoms. The maximum Gasteiger partial charge on any atom is 0.250 e. The van der Waals surface area contributed by atoms with Crippen molar-refractivity contribution in [1.29, 1.82) is 0 Å². The molecule has 3 aromatic rings. The smallest absolute Gasteiger partial charge is 0.250 e. The molecule has 0 saturated carbocycles. The largest absolute Gasteiger partial charge is 0.378 e.